The molecule has 0 aromatic heterocycles. The summed E-state index contributed by atoms with van der Waals surface area (Å²) in [5.41, 5.74) is 2.53. The summed E-state index contributed by atoms with van der Waals surface area (Å²) in [4.78, 5) is 12.2. The van der Waals surface area contributed by atoms with Gasteiger partial charge in [0.1, 0.15) is 5.75 Å². The quantitative estimate of drug-likeness (QED) is 0.602. The number of aryl methyl sites for hydroxylation is 1. The van der Waals surface area contributed by atoms with Crippen LogP contribution in [0.15, 0.2) is 11.0 Å². The van der Waals surface area contributed by atoms with Crippen LogP contribution in [-0.2, 0) is 0 Å². The lowest BCUT2D eigenvalue weighted by Crippen LogP contribution is -1.99. The Hall–Kier alpha value is -0.960. The first-order valence-corrected chi connectivity index (χ1v) is 5.59. The van der Waals surface area contributed by atoms with Crippen molar-refractivity contribution in [3.8, 4) is 5.75 Å². The van der Waals surface area contributed by atoms with Gasteiger partial charge < -0.3 is 5.11 Å². The Kier molecular flexibility index (Phi) is 3.21. The smallest absolute Gasteiger partial charge is 0.164 e. The van der Waals surface area contributed by atoms with Crippen molar-refractivity contribution in [3.05, 3.63) is 22.8 Å². The van der Waals surface area contributed by atoms with Crippen molar-refractivity contribution in [1.82, 2.24) is 0 Å². The second-order valence-electron chi connectivity index (χ2n) is 3.30. The zero-order valence-electron chi connectivity index (χ0n) is 8.84. The molecular formula is C11H14O2S. The van der Waals surface area contributed by atoms with E-state index in [2.05, 4.69) is 0 Å². The van der Waals surface area contributed by atoms with Gasteiger partial charge in [0, 0.05) is 4.90 Å². The maximum atomic E-state index is 11.3. The van der Waals surface area contributed by atoms with E-state index in [0.29, 0.717) is 5.56 Å². The molecule has 0 radical (unpaired) electrons. The van der Waals surface area contributed by atoms with Gasteiger partial charge in [-0.15, -0.1) is 11.8 Å². The normalized spacial score (nSPS) is 10.3. The van der Waals surface area contributed by atoms with Gasteiger partial charge in [-0.3, -0.25) is 4.79 Å². The lowest BCUT2D eigenvalue weighted by Gasteiger charge is -2.12. The molecular weight excluding hydrogens is 196 g/mol. The molecule has 0 spiro atoms. The third kappa shape index (κ3) is 1.77. The van der Waals surface area contributed by atoms with E-state index in [1.807, 2.05) is 20.1 Å². The second-order valence-corrected chi connectivity index (χ2v) is 4.12. The first-order valence-electron chi connectivity index (χ1n) is 4.37. The number of benzene rings is 1. The monoisotopic (exact) mass is 210 g/mol. The van der Waals surface area contributed by atoms with Gasteiger partial charge in [-0.25, -0.2) is 0 Å². The highest BCUT2D eigenvalue weighted by Gasteiger charge is 2.15. The molecule has 0 unspecified atom stereocenters. The van der Waals surface area contributed by atoms with Crippen molar-refractivity contribution in [2.24, 2.45) is 0 Å². The fourth-order valence-corrected chi connectivity index (χ4v) is 2.38. The minimum atomic E-state index is -0.0880. The average molecular weight is 210 g/mol. The summed E-state index contributed by atoms with van der Waals surface area (Å²) in [6.45, 7) is 5.37. The first-order chi connectivity index (χ1) is 6.49. The van der Waals surface area contributed by atoms with Crippen molar-refractivity contribution in [2.75, 3.05) is 6.26 Å². The van der Waals surface area contributed by atoms with Crippen LogP contribution >= 0.6 is 11.8 Å². The summed E-state index contributed by atoms with van der Waals surface area (Å²) in [5.74, 6) is -0.0000926. The number of ketones is 1. The molecule has 0 heterocycles. The molecule has 0 saturated heterocycles. The SMILES string of the molecule is CSc1c(C)c(C)cc(O)c1C(C)=O. The summed E-state index contributed by atoms with van der Waals surface area (Å²) < 4.78 is 0. The molecule has 0 aliphatic carbocycles. The molecule has 1 aromatic carbocycles. The minimum Gasteiger partial charge on any atom is -0.507 e. The number of hydrogen-bond donors (Lipinski definition) is 1. The second kappa shape index (κ2) is 4.05. The van der Waals surface area contributed by atoms with Crippen molar-refractivity contribution in [1.29, 1.82) is 0 Å². The van der Waals surface area contributed by atoms with Crippen LogP contribution in [0, 0.1) is 13.8 Å². The van der Waals surface area contributed by atoms with Crippen molar-refractivity contribution in [2.45, 2.75) is 25.7 Å². The molecule has 1 N–H and O–H groups in total. The molecule has 1 rings (SSSR count). The Morgan fingerprint density at radius 3 is 2.43 bits per heavy atom. The molecule has 76 valence electrons. The number of thioether (sulfide) groups is 1. The topological polar surface area (TPSA) is 37.3 Å². The van der Waals surface area contributed by atoms with Gasteiger partial charge in [0.15, 0.2) is 5.78 Å². The molecule has 0 amide bonds. The molecule has 0 aliphatic heterocycles. The molecule has 0 fully saturated rings. The Morgan fingerprint density at radius 2 is 2.00 bits per heavy atom. The lowest BCUT2D eigenvalue weighted by atomic mass is 10.0. The molecule has 1 aromatic rings. The highest BCUT2D eigenvalue weighted by molar-refractivity contribution is 7.98. The van der Waals surface area contributed by atoms with E-state index in [-0.39, 0.29) is 11.5 Å². The van der Waals surface area contributed by atoms with Crippen molar-refractivity contribution in [3.63, 3.8) is 0 Å². The van der Waals surface area contributed by atoms with Gasteiger partial charge in [0.2, 0.25) is 0 Å². The fraction of sp³-hybridized carbons (Fsp3) is 0.364. The van der Waals surface area contributed by atoms with E-state index in [4.69, 9.17) is 0 Å². The van der Waals surface area contributed by atoms with Crippen LogP contribution in [0.4, 0.5) is 0 Å². The predicted molar refractivity (Wildman–Crippen MR) is 59.4 cm³/mol. The number of hydrogen-bond acceptors (Lipinski definition) is 3. The zero-order valence-corrected chi connectivity index (χ0v) is 9.66. The fourth-order valence-electron chi connectivity index (χ4n) is 1.46. The van der Waals surface area contributed by atoms with Gasteiger partial charge in [-0.1, -0.05) is 0 Å². The zero-order chi connectivity index (χ0) is 10.9. The largest absolute Gasteiger partial charge is 0.507 e. The summed E-state index contributed by atoms with van der Waals surface area (Å²) >= 11 is 1.50. The van der Waals surface area contributed by atoms with Gasteiger partial charge >= 0.3 is 0 Å². The Balaban J connectivity index is 3.55. The number of carbonyl (C=O) groups excluding carboxylic acids is 1. The van der Waals surface area contributed by atoms with Gasteiger partial charge in [-0.05, 0) is 44.2 Å². The molecule has 0 atom stereocenters. The summed E-state index contributed by atoms with van der Waals surface area (Å²) in [5, 5.41) is 9.66. The van der Waals surface area contributed by atoms with Crippen LogP contribution in [0.5, 0.6) is 5.75 Å². The lowest BCUT2D eigenvalue weighted by molar-refractivity contribution is 0.101. The number of Topliss-reactive ketones (excluding diaryl/α,β-unsaturated/α-hetero) is 1. The van der Waals surface area contributed by atoms with E-state index in [0.717, 1.165) is 16.0 Å². The highest BCUT2D eigenvalue weighted by atomic mass is 32.2. The summed E-state index contributed by atoms with van der Waals surface area (Å²) in [7, 11) is 0. The molecule has 14 heavy (non-hydrogen) atoms. The predicted octanol–water partition coefficient (Wildman–Crippen LogP) is 2.93. The summed E-state index contributed by atoms with van der Waals surface area (Å²) in [6, 6.07) is 1.64. The summed E-state index contributed by atoms with van der Waals surface area (Å²) in [6.07, 6.45) is 1.91. The van der Waals surface area contributed by atoms with E-state index < -0.39 is 0 Å². The first kappa shape index (κ1) is 11.1. The highest BCUT2D eigenvalue weighted by Crippen LogP contribution is 2.33. The number of rotatable bonds is 2. The van der Waals surface area contributed by atoms with Crippen LogP contribution < -0.4 is 0 Å². The van der Waals surface area contributed by atoms with E-state index in [9.17, 15) is 9.90 Å². The van der Waals surface area contributed by atoms with Gasteiger partial charge in [-0.2, -0.15) is 0 Å². The molecule has 2 nitrogen and oxygen atoms in total. The van der Waals surface area contributed by atoms with E-state index in [1.165, 1.54) is 18.7 Å². The number of carbonyl (C=O) groups is 1. The number of aromatic hydroxyl groups is 1. The van der Waals surface area contributed by atoms with Crippen LogP contribution in [-0.4, -0.2) is 17.1 Å². The third-order valence-electron chi connectivity index (χ3n) is 2.32. The van der Waals surface area contributed by atoms with Crippen LogP contribution in [0.25, 0.3) is 0 Å². The Labute approximate surface area is 88.3 Å². The van der Waals surface area contributed by atoms with Crippen molar-refractivity contribution < 1.29 is 9.90 Å². The van der Waals surface area contributed by atoms with E-state index >= 15 is 0 Å². The van der Waals surface area contributed by atoms with Crippen LogP contribution in [0.1, 0.15) is 28.4 Å². The maximum Gasteiger partial charge on any atom is 0.164 e. The molecule has 0 aliphatic rings. The number of phenols is 1. The average Bonchev–Trinajstić information content (AvgIpc) is 2.09. The van der Waals surface area contributed by atoms with Crippen LogP contribution in [0.3, 0.4) is 0 Å². The van der Waals surface area contributed by atoms with Crippen molar-refractivity contribution >= 4 is 17.5 Å². The maximum absolute atomic E-state index is 11.3. The third-order valence-corrected chi connectivity index (χ3v) is 3.24. The molecule has 0 saturated carbocycles. The van der Waals surface area contributed by atoms with Gasteiger partial charge in [0.05, 0.1) is 5.56 Å². The molecule has 3 heteroatoms. The van der Waals surface area contributed by atoms with Gasteiger partial charge in [0.25, 0.3) is 0 Å². The minimum absolute atomic E-state index is 0.0879. The standard InChI is InChI=1S/C11H14O2S/c1-6-5-9(13)10(8(3)12)11(14-4)7(6)2/h5,13H,1-4H3. The number of phenolic OH excluding ortho intramolecular Hbond substituents is 1. The Morgan fingerprint density at radius 1 is 1.43 bits per heavy atom. The van der Waals surface area contributed by atoms with Crippen LogP contribution in [0.2, 0.25) is 0 Å². The molecule has 0 bridgehead atoms. The van der Waals surface area contributed by atoms with E-state index in [1.54, 1.807) is 6.07 Å². The Bertz CT molecular complexity index is 383.